The molecule has 0 heterocycles. The van der Waals surface area contributed by atoms with Gasteiger partial charge in [-0.1, -0.05) is 27.7 Å². The monoisotopic (exact) mass is 271 g/mol. The topological polar surface area (TPSA) is 66.5 Å². The summed E-state index contributed by atoms with van der Waals surface area (Å²) in [5.74, 6) is 0.990. The van der Waals surface area contributed by atoms with Crippen LogP contribution in [-0.2, 0) is 0 Å². The molecule has 0 radical (unpaired) electrons. The van der Waals surface area contributed by atoms with Gasteiger partial charge in [0.05, 0.1) is 12.2 Å². The van der Waals surface area contributed by atoms with Crippen molar-refractivity contribution in [3.63, 3.8) is 0 Å². The molecule has 0 saturated carbocycles. The molecule has 0 saturated heterocycles. The standard InChI is InChI=1S/C11H25NO2S.ClH/c1-7(2)5-9(12)11(14)10(13)6-15-8(3)4;/h7-11,13-14H,5-6,12H2,1-4H3;1H/t9-,10-,11+;/m0./s1. The van der Waals surface area contributed by atoms with E-state index in [1.807, 2.05) is 0 Å². The van der Waals surface area contributed by atoms with Crippen LogP contribution in [-0.4, -0.2) is 39.5 Å². The van der Waals surface area contributed by atoms with Crippen molar-refractivity contribution >= 4 is 24.2 Å². The second-order valence-electron chi connectivity index (χ2n) is 4.73. The van der Waals surface area contributed by atoms with Gasteiger partial charge in [0.15, 0.2) is 0 Å². The van der Waals surface area contributed by atoms with E-state index in [1.165, 1.54) is 0 Å². The lowest BCUT2D eigenvalue weighted by atomic mass is 9.97. The van der Waals surface area contributed by atoms with Crippen molar-refractivity contribution in [2.45, 2.75) is 57.6 Å². The summed E-state index contributed by atoms with van der Waals surface area (Å²) in [5.41, 5.74) is 5.81. The van der Waals surface area contributed by atoms with Gasteiger partial charge in [0.25, 0.3) is 0 Å². The van der Waals surface area contributed by atoms with Gasteiger partial charge in [-0.15, -0.1) is 12.4 Å². The van der Waals surface area contributed by atoms with Crippen molar-refractivity contribution in [1.82, 2.24) is 0 Å². The van der Waals surface area contributed by atoms with Crippen LogP contribution < -0.4 is 5.73 Å². The number of thioether (sulfide) groups is 1. The lowest BCUT2D eigenvalue weighted by Crippen LogP contribution is -2.44. The summed E-state index contributed by atoms with van der Waals surface area (Å²) in [7, 11) is 0. The van der Waals surface area contributed by atoms with E-state index in [-0.39, 0.29) is 18.4 Å². The van der Waals surface area contributed by atoms with Gasteiger partial charge in [0, 0.05) is 11.8 Å². The molecule has 0 aromatic carbocycles. The fraction of sp³-hybridized carbons (Fsp3) is 1.00. The number of aliphatic hydroxyl groups is 2. The van der Waals surface area contributed by atoms with E-state index in [2.05, 4.69) is 27.7 Å². The molecule has 0 aliphatic heterocycles. The highest BCUT2D eigenvalue weighted by atomic mass is 35.5. The first-order chi connectivity index (χ1) is 6.84. The molecule has 3 nitrogen and oxygen atoms in total. The van der Waals surface area contributed by atoms with E-state index >= 15 is 0 Å². The van der Waals surface area contributed by atoms with E-state index in [9.17, 15) is 10.2 Å². The summed E-state index contributed by atoms with van der Waals surface area (Å²) in [6.07, 6.45) is -0.783. The summed E-state index contributed by atoms with van der Waals surface area (Å²) in [6.45, 7) is 8.25. The third-order valence-electron chi connectivity index (χ3n) is 2.18. The molecular formula is C11H26ClNO2S. The summed E-state index contributed by atoms with van der Waals surface area (Å²) >= 11 is 1.64. The zero-order chi connectivity index (χ0) is 12.0. The first-order valence-corrected chi connectivity index (χ1v) is 6.62. The fourth-order valence-corrected chi connectivity index (χ4v) is 2.14. The van der Waals surface area contributed by atoms with Crippen LogP contribution in [0, 0.1) is 5.92 Å². The van der Waals surface area contributed by atoms with Crippen LogP contribution in [0.1, 0.15) is 34.1 Å². The first kappa shape index (κ1) is 18.9. The smallest absolute Gasteiger partial charge is 0.0957 e. The van der Waals surface area contributed by atoms with Gasteiger partial charge >= 0.3 is 0 Å². The van der Waals surface area contributed by atoms with Gasteiger partial charge in [-0.3, -0.25) is 0 Å². The maximum absolute atomic E-state index is 9.76. The second-order valence-corrected chi connectivity index (χ2v) is 6.34. The van der Waals surface area contributed by atoms with Gasteiger partial charge in [0.2, 0.25) is 0 Å². The van der Waals surface area contributed by atoms with Gasteiger partial charge in [-0.25, -0.2) is 0 Å². The number of halogens is 1. The van der Waals surface area contributed by atoms with Crippen LogP contribution in [0.3, 0.4) is 0 Å². The molecule has 0 bridgehead atoms. The SMILES string of the molecule is CC(C)C[C@H](N)[C@@H](O)[C@@H](O)CSC(C)C.Cl. The molecule has 0 spiro atoms. The average molecular weight is 272 g/mol. The normalized spacial score (nSPS) is 17.1. The predicted octanol–water partition coefficient (Wildman–Crippen LogP) is 1.64. The maximum Gasteiger partial charge on any atom is 0.0957 e. The minimum atomic E-state index is -0.807. The second kappa shape index (κ2) is 9.54. The highest BCUT2D eigenvalue weighted by molar-refractivity contribution is 7.99. The fourth-order valence-electron chi connectivity index (χ4n) is 1.36. The van der Waals surface area contributed by atoms with Gasteiger partial charge in [-0.05, 0) is 17.6 Å². The van der Waals surface area contributed by atoms with Crippen LogP contribution in [0.2, 0.25) is 0 Å². The van der Waals surface area contributed by atoms with E-state index in [4.69, 9.17) is 5.73 Å². The molecule has 0 aromatic heterocycles. The quantitative estimate of drug-likeness (QED) is 0.659. The van der Waals surface area contributed by atoms with Crippen molar-refractivity contribution in [3.8, 4) is 0 Å². The van der Waals surface area contributed by atoms with Crippen LogP contribution >= 0.6 is 24.2 Å². The number of rotatable bonds is 7. The average Bonchev–Trinajstić information content (AvgIpc) is 2.11. The molecule has 0 aromatic rings. The van der Waals surface area contributed by atoms with E-state index in [0.717, 1.165) is 6.42 Å². The Morgan fingerprint density at radius 3 is 2.00 bits per heavy atom. The van der Waals surface area contributed by atoms with E-state index in [0.29, 0.717) is 16.9 Å². The van der Waals surface area contributed by atoms with E-state index < -0.39 is 12.2 Å². The summed E-state index contributed by atoms with van der Waals surface area (Å²) in [5, 5.41) is 19.9. The Morgan fingerprint density at radius 1 is 1.12 bits per heavy atom. The minimum absolute atomic E-state index is 0. The Balaban J connectivity index is 0. The molecule has 0 aliphatic carbocycles. The molecule has 0 amide bonds. The molecule has 0 unspecified atom stereocenters. The highest BCUT2D eigenvalue weighted by Crippen LogP contribution is 2.15. The number of hydrogen-bond acceptors (Lipinski definition) is 4. The lowest BCUT2D eigenvalue weighted by Gasteiger charge is -2.25. The van der Waals surface area contributed by atoms with Crippen molar-refractivity contribution in [2.75, 3.05) is 5.75 Å². The Kier molecular flexibility index (Phi) is 11.3. The minimum Gasteiger partial charge on any atom is -0.390 e. The number of nitrogens with two attached hydrogens (primary N) is 1. The van der Waals surface area contributed by atoms with Gasteiger partial charge < -0.3 is 15.9 Å². The van der Waals surface area contributed by atoms with Crippen molar-refractivity contribution in [3.05, 3.63) is 0 Å². The van der Waals surface area contributed by atoms with Gasteiger partial charge in [0.1, 0.15) is 0 Å². The molecule has 16 heavy (non-hydrogen) atoms. The summed E-state index contributed by atoms with van der Waals surface area (Å²) in [4.78, 5) is 0. The van der Waals surface area contributed by atoms with Crippen LogP contribution in [0.15, 0.2) is 0 Å². The van der Waals surface area contributed by atoms with Crippen molar-refractivity contribution in [1.29, 1.82) is 0 Å². The Labute approximate surface area is 110 Å². The molecule has 100 valence electrons. The maximum atomic E-state index is 9.76. The van der Waals surface area contributed by atoms with Crippen LogP contribution in [0.25, 0.3) is 0 Å². The molecular weight excluding hydrogens is 246 g/mol. The molecule has 4 N–H and O–H groups in total. The largest absolute Gasteiger partial charge is 0.390 e. The number of aliphatic hydroxyl groups excluding tert-OH is 2. The van der Waals surface area contributed by atoms with Gasteiger partial charge in [-0.2, -0.15) is 11.8 Å². The van der Waals surface area contributed by atoms with E-state index in [1.54, 1.807) is 11.8 Å². The molecule has 5 heteroatoms. The molecule has 0 fully saturated rings. The van der Waals surface area contributed by atoms with Crippen LogP contribution in [0.4, 0.5) is 0 Å². The zero-order valence-corrected chi connectivity index (χ0v) is 12.2. The van der Waals surface area contributed by atoms with Crippen molar-refractivity contribution < 1.29 is 10.2 Å². The highest BCUT2D eigenvalue weighted by Gasteiger charge is 2.24. The predicted molar refractivity (Wildman–Crippen MR) is 74.3 cm³/mol. The first-order valence-electron chi connectivity index (χ1n) is 5.57. The molecule has 0 rings (SSSR count). The third kappa shape index (κ3) is 8.65. The van der Waals surface area contributed by atoms with Crippen LogP contribution in [0.5, 0.6) is 0 Å². The Hall–Kier alpha value is 0.520. The summed E-state index contributed by atoms with van der Waals surface area (Å²) in [6, 6.07) is -0.326. The number of hydrogen-bond donors (Lipinski definition) is 3. The Morgan fingerprint density at radius 2 is 1.62 bits per heavy atom. The molecule has 3 atom stereocenters. The zero-order valence-electron chi connectivity index (χ0n) is 10.6. The van der Waals surface area contributed by atoms with Crippen molar-refractivity contribution in [2.24, 2.45) is 11.7 Å². The Bertz CT molecular complexity index is 170. The third-order valence-corrected chi connectivity index (χ3v) is 3.38. The molecule has 0 aliphatic rings. The lowest BCUT2D eigenvalue weighted by molar-refractivity contribution is 0.0138. The summed E-state index contributed by atoms with van der Waals surface area (Å²) < 4.78 is 0.